The van der Waals surface area contributed by atoms with E-state index in [0.717, 1.165) is 16.7 Å². The van der Waals surface area contributed by atoms with Gasteiger partial charge in [0.1, 0.15) is 0 Å². The highest BCUT2D eigenvalue weighted by Gasteiger charge is 2.22. The van der Waals surface area contributed by atoms with Crippen LogP contribution >= 0.6 is 8.69 Å². The van der Waals surface area contributed by atoms with Crippen molar-refractivity contribution in [2.75, 3.05) is 6.61 Å². The smallest absolute Gasteiger partial charge is 0.193 e. The summed E-state index contributed by atoms with van der Waals surface area (Å²) in [7, 11) is -0.964. The molecule has 1 atom stereocenters. The number of carbonyl (C=O) groups is 1. The molecule has 0 fully saturated rings. The molecule has 1 aromatic carbocycles. The molecule has 3 nitrogen and oxygen atoms in total. The van der Waals surface area contributed by atoms with Gasteiger partial charge in [0, 0.05) is 11.1 Å². The second kappa shape index (κ2) is 6.46. The minimum atomic E-state index is -0.964. The fourth-order valence-corrected chi connectivity index (χ4v) is 1.93. The van der Waals surface area contributed by atoms with Crippen molar-refractivity contribution in [3.05, 3.63) is 59.7 Å². The Morgan fingerprint density at radius 3 is 2.26 bits per heavy atom. The fraction of sp³-hybridized carbons (Fsp3) is 0.133. The molecule has 0 radical (unpaired) electrons. The summed E-state index contributed by atoms with van der Waals surface area (Å²) in [6, 6.07) is 15.4. The molecule has 19 heavy (non-hydrogen) atoms. The molecule has 0 amide bonds. The number of ketones is 1. The monoisotopic (exact) mass is 274 g/mol. The van der Waals surface area contributed by atoms with E-state index in [1.807, 2.05) is 55.5 Å². The largest absolute Gasteiger partial charge is 0.333 e. The Morgan fingerprint density at radius 2 is 1.89 bits per heavy atom. The van der Waals surface area contributed by atoms with Gasteiger partial charge in [0.25, 0.3) is 0 Å². The molecule has 1 aromatic rings. The highest BCUT2D eigenvalue weighted by atomic mass is 31.1. The molecule has 1 unspecified atom stereocenters. The Labute approximate surface area is 113 Å². The predicted molar refractivity (Wildman–Crippen MR) is 77.3 cm³/mol. The Bertz CT molecular complexity index is 583. The van der Waals surface area contributed by atoms with Gasteiger partial charge in [-0.15, -0.1) is 0 Å². The van der Waals surface area contributed by atoms with E-state index < -0.39 is 8.69 Å². The van der Waals surface area contributed by atoms with E-state index in [1.54, 1.807) is 0 Å². The lowest BCUT2D eigenvalue weighted by Crippen LogP contribution is -2.09. The van der Waals surface area contributed by atoms with Gasteiger partial charge in [-0.05, 0) is 24.1 Å². The first kappa shape index (κ1) is 13.7. The summed E-state index contributed by atoms with van der Waals surface area (Å²) in [5, 5.41) is 0. The summed E-state index contributed by atoms with van der Waals surface area (Å²) < 4.78 is 13.8. The van der Waals surface area contributed by atoms with Gasteiger partial charge >= 0.3 is 0 Å². The summed E-state index contributed by atoms with van der Waals surface area (Å²) in [6.07, 6.45) is 0. The number of carbonyl (C=O) groups excluding carboxylic acids is 1. The molecule has 3 rings (SSSR count). The van der Waals surface area contributed by atoms with Crippen molar-refractivity contribution in [3.63, 3.8) is 0 Å². The van der Waals surface area contributed by atoms with Crippen molar-refractivity contribution in [1.82, 2.24) is 0 Å². The van der Waals surface area contributed by atoms with Crippen LogP contribution in [0.2, 0.25) is 0 Å². The van der Waals surface area contributed by atoms with E-state index in [9.17, 15) is 9.36 Å². The fourth-order valence-electron chi connectivity index (χ4n) is 1.79. The lowest BCUT2D eigenvalue weighted by atomic mass is 9.83. The molecule has 2 aliphatic rings. The highest BCUT2D eigenvalue weighted by molar-refractivity contribution is 7.17. The van der Waals surface area contributed by atoms with Gasteiger partial charge in [-0.2, -0.15) is 0 Å². The van der Waals surface area contributed by atoms with Crippen molar-refractivity contribution in [1.29, 1.82) is 0 Å². The highest BCUT2D eigenvalue weighted by Crippen LogP contribution is 2.37. The van der Waals surface area contributed by atoms with Gasteiger partial charge in [-0.25, -0.2) is 0 Å². The van der Waals surface area contributed by atoms with Crippen LogP contribution in [0.1, 0.15) is 22.8 Å². The SMILES string of the molecule is CCO[PH2]=O.O=C(c1ccccc1)c1cc2ccc1-2. The molecule has 0 N–H and O–H groups in total. The van der Waals surface area contributed by atoms with E-state index in [0.29, 0.717) is 6.61 Å². The summed E-state index contributed by atoms with van der Waals surface area (Å²) in [6.45, 7) is 2.38. The first-order valence-corrected chi connectivity index (χ1v) is 7.01. The molecular weight excluding hydrogens is 259 g/mol. The van der Waals surface area contributed by atoms with Gasteiger partial charge in [-0.3, -0.25) is 9.36 Å². The molecule has 0 saturated heterocycles. The first-order chi connectivity index (χ1) is 9.27. The van der Waals surface area contributed by atoms with Crippen LogP contribution < -0.4 is 0 Å². The van der Waals surface area contributed by atoms with E-state index >= 15 is 0 Å². The second-order valence-electron chi connectivity index (χ2n) is 4.01. The van der Waals surface area contributed by atoms with Crippen LogP contribution in [0.25, 0.3) is 11.1 Å². The lowest BCUT2D eigenvalue weighted by molar-refractivity contribution is 0.103. The van der Waals surface area contributed by atoms with E-state index in [4.69, 9.17) is 0 Å². The molecule has 0 aromatic heterocycles. The minimum absolute atomic E-state index is 0.133. The lowest BCUT2D eigenvalue weighted by Gasteiger charge is -2.19. The maximum Gasteiger partial charge on any atom is 0.193 e. The number of benzene rings is 2. The van der Waals surface area contributed by atoms with Crippen LogP contribution in [0.4, 0.5) is 0 Å². The van der Waals surface area contributed by atoms with Crippen molar-refractivity contribution >= 4 is 14.5 Å². The third kappa shape index (κ3) is 3.01. The minimum Gasteiger partial charge on any atom is -0.333 e. The average Bonchev–Trinajstić information content (AvgIpc) is 2.44. The van der Waals surface area contributed by atoms with Gasteiger partial charge in [0.2, 0.25) is 0 Å². The summed E-state index contributed by atoms with van der Waals surface area (Å²) in [5.41, 5.74) is 3.96. The zero-order chi connectivity index (χ0) is 13.7. The van der Waals surface area contributed by atoms with Crippen LogP contribution in [-0.2, 0) is 9.09 Å². The number of rotatable bonds is 4. The Kier molecular flexibility index (Phi) is 4.67. The molecule has 4 heteroatoms. The summed E-state index contributed by atoms with van der Waals surface area (Å²) in [4.78, 5) is 11.9. The molecular formula is C15H15O3P. The number of hydrogen-bond acceptors (Lipinski definition) is 3. The molecule has 0 spiro atoms. The Morgan fingerprint density at radius 1 is 1.16 bits per heavy atom. The van der Waals surface area contributed by atoms with Gasteiger partial charge < -0.3 is 4.52 Å². The normalized spacial score (nSPS) is 11.0. The van der Waals surface area contributed by atoms with Gasteiger partial charge in [-0.1, -0.05) is 42.5 Å². The van der Waals surface area contributed by atoms with Crippen LogP contribution in [0.5, 0.6) is 0 Å². The Balaban J connectivity index is 0.000000232. The van der Waals surface area contributed by atoms with Crippen molar-refractivity contribution in [2.24, 2.45) is 0 Å². The van der Waals surface area contributed by atoms with Gasteiger partial charge in [0.15, 0.2) is 14.5 Å². The van der Waals surface area contributed by atoms with Crippen molar-refractivity contribution in [2.45, 2.75) is 6.92 Å². The second-order valence-corrected chi connectivity index (χ2v) is 4.53. The molecule has 98 valence electrons. The summed E-state index contributed by atoms with van der Waals surface area (Å²) in [5.74, 6) is 0.133. The van der Waals surface area contributed by atoms with E-state index in [-0.39, 0.29) is 5.78 Å². The van der Waals surface area contributed by atoms with Crippen molar-refractivity contribution in [3.8, 4) is 11.1 Å². The number of hydrogen-bond donors (Lipinski definition) is 0. The standard InChI is InChI=1S/C13H8O.C2H7O2P/c14-13(9-4-2-1-3-5-9)12-8-10-6-7-11(10)12;1-2-4-5-3/h1-8H;2,5H2,1H3. The summed E-state index contributed by atoms with van der Waals surface area (Å²) >= 11 is 0. The molecule has 0 heterocycles. The molecule has 2 aliphatic carbocycles. The predicted octanol–water partition coefficient (Wildman–Crippen LogP) is 3.59. The zero-order valence-electron chi connectivity index (χ0n) is 10.6. The molecule has 0 saturated carbocycles. The van der Waals surface area contributed by atoms with E-state index in [2.05, 4.69) is 4.52 Å². The maximum atomic E-state index is 11.9. The topological polar surface area (TPSA) is 43.4 Å². The van der Waals surface area contributed by atoms with E-state index in [1.165, 1.54) is 5.56 Å². The van der Waals surface area contributed by atoms with Crippen LogP contribution in [-0.4, -0.2) is 12.4 Å². The van der Waals surface area contributed by atoms with Crippen LogP contribution in [0.3, 0.4) is 0 Å². The average molecular weight is 274 g/mol. The quantitative estimate of drug-likeness (QED) is 0.539. The molecule has 0 aliphatic heterocycles. The first-order valence-electron chi connectivity index (χ1n) is 6.07. The van der Waals surface area contributed by atoms with Crippen LogP contribution in [0, 0.1) is 0 Å². The van der Waals surface area contributed by atoms with Crippen LogP contribution in [0.15, 0.2) is 48.5 Å². The maximum absolute atomic E-state index is 11.9. The third-order valence-electron chi connectivity index (χ3n) is 2.85. The van der Waals surface area contributed by atoms with Crippen molar-refractivity contribution < 1.29 is 13.9 Å². The van der Waals surface area contributed by atoms with Gasteiger partial charge in [0.05, 0.1) is 6.61 Å². The zero-order valence-corrected chi connectivity index (χ0v) is 11.8. The Hall–Kier alpha value is -1.70. The number of fused-ring (bicyclic) bond motifs is 1. The molecule has 0 bridgehead atoms. The third-order valence-corrected chi connectivity index (χ3v) is 3.32.